The molecule has 0 fully saturated rings. The van der Waals surface area contributed by atoms with E-state index in [2.05, 4.69) is 15.3 Å². The highest BCUT2D eigenvalue weighted by molar-refractivity contribution is 7.89. The number of pyridine rings is 1. The first kappa shape index (κ1) is 27.7. The van der Waals surface area contributed by atoms with E-state index in [1.807, 2.05) is 62.7 Å². The fourth-order valence-electron chi connectivity index (χ4n) is 5.28. The number of esters is 1. The predicted octanol–water partition coefficient (Wildman–Crippen LogP) is 4.13. The minimum absolute atomic E-state index is 0.0563. The first-order valence-electron chi connectivity index (χ1n) is 13.2. The highest BCUT2D eigenvalue weighted by Crippen LogP contribution is 2.36. The van der Waals surface area contributed by atoms with Crippen LogP contribution < -0.4 is 4.74 Å². The molecule has 0 N–H and O–H groups in total. The Hall–Kier alpha value is -3.83. The lowest BCUT2D eigenvalue weighted by Crippen LogP contribution is -2.35. The minimum atomic E-state index is -3.85. The molecule has 11 heteroatoms. The van der Waals surface area contributed by atoms with Crippen LogP contribution in [0.5, 0.6) is 5.88 Å². The van der Waals surface area contributed by atoms with Crippen molar-refractivity contribution in [1.82, 2.24) is 24.3 Å². The molecule has 1 aliphatic heterocycles. The molecule has 40 heavy (non-hydrogen) atoms. The van der Waals surface area contributed by atoms with Gasteiger partial charge >= 0.3 is 5.97 Å². The van der Waals surface area contributed by atoms with Gasteiger partial charge in [0.15, 0.2) is 0 Å². The van der Waals surface area contributed by atoms with Crippen molar-refractivity contribution in [2.24, 2.45) is 0 Å². The van der Waals surface area contributed by atoms with Crippen molar-refractivity contribution in [2.75, 3.05) is 13.7 Å². The number of carbonyl (C=O) groups excluding carboxylic acids is 1. The smallest absolute Gasteiger partial charge is 0.306 e. The molecule has 0 bridgehead atoms. The summed E-state index contributed by atoms with van der Waals surface area (Å²) in [7, 11) is -2.47. The lowest BCUT2D eigenvalue weighted by Gasteiger charge is -2.24. The highest BCUT2D eigenvalue weighted by atomic mass is 32.2. The van der Waals surface area contributed by atoms with Crippen LogP contribution in [0, 0.1) is 13.8 Å². The molecule has 3 heterocycles. The average Bonchev–Trinajstić information content (AvgIpc) is 3.33. The Morgan fingerprint density at radius 3 is 2.75 bits per heavy atom. The number of aryl methyl sites for hydroxylation is 3. The minimum Gasteiger partial charge on any atom is -0.472 e. The van der Waals surface area contributed by atoms with Gasteiger partial charge in [-0.2, -0.15) is 4.31 Å². The molecule has 2 atom stereocenters. The van der Waals surface area contributed by atoms with E-state index in [1.165, 1.54) is 23.7 Å². The number of fused-ring (bicyclic) bond motifs is 2. The van der Waals surface area contributed by atoms with Gasteiger partial charge in [0.2, 0.25) is 15.9 Å². The van der Waals surface area contributed by atoms with E-state index in [4.69, 9.17) is 9.47 Å². The third kappa shape index (κ3) is 5.06. The van der Waals surface area contributed by atoms with Gasteiger partial charge in [0.25, 0.3) is 0 Å². The second kappa shape index (κ2) is 11.0. The maximum Gasteiger partial charge on any atom is 0.306 e. The quantitative estimate of drug-likeness (QED) is 0.308. The van der Waals surface area contributed by atoms with Crippen molar-refractivity contribution in [3.63, 3.8) is 0 Å². The van der Waals surface area contributed by atoms with Crippen molar-refractivity contribution < 1.29 is 22.7 Å². The maximum absolute atomic E-state index is 13.6. The number of aromatic nitrogens is 4. The van der Waals surface area contributed by atoms with Crippen LogP contribution in [0.15, 0.2) is 53.6 Å². The van der Waals surface area contributed by atoms with E-state index >= 15 is 0 Å². The highest BCUT2D eigenvalue weighted by Gasteiger charge is 2.34. The van der Waals surface area contributed by atoms with Crippen molar-refractivity contribution >= 4 is 27.0 Å². The topological polar surface area (TPSA) is 117 Å². The van der Waals surface area contributed by atoms with E-state index in [-0.39, 0.29) is 48.3 Å². The van der Waals surface area contributed by atoms with E-state index < -0.39 is 10.0 Å². The number of benzene rings is 2. The molecular formula is C29H33N5O5S. The normalized spacial score (nSPS) is 17.6. The molecular weight excluding hydrogens is 530 g/mol. The maximum atomic E-state index is 13.6. The lowest BCUT2D eigenvalue weighted by molar-refractivity contribution is -0.140. The number of methoxy groups -OCH3 is 1. The Kier molecular flexibility index (Phi) is 7.61. The molecule has 0 amide bonds. The zero-order valence-electron chi connectivity index (χ0n) is 23.3. The van der Waals surface area contributed by atoms with Crippen molar-refractivity contribution in [1.29, 1.82) is 0 Å². The van der Waals surface area contributed by atoms with E-state index in [0.29, 0.717) is 6.54 Å². The Bertz CT molecular complexity index is 1680. The first-order chi connectivity index (χ1) is 19.1. The van der Waals surface area contributed by atoms with Gasteiger partial charge in [-0.15, -0.1) is 5.10 Å². The Morgan fingerprint density at radius 1 is 1.20 bits per heavy atom. The number of hydrogen-bond donors (Lipinski definition) is 0. The number of sulfonamides is 1. The zero-order chi connectivity index (χ0) is 28.6. The zero-order valence-corrected chi connectivity index (χ0v) is 24.1. The molecule has 2 aromatic carbocycles. The number of ether oxygens (including phenoxy) is 2. The van der Waals surface area contributed by atoms with Crippen LogP contribution in [-0.4, -0.2) is 58.4 Å². The van der Waals surface area contributed by atoms with Crippen LogP contribution >= 0.6 is 0 Å². The monoisotopic (exact) mass is 563 g/mol. The number of rotatable bonds is 7. The number of hydrogen-bond acceptors (Lipinski definition) is 8. The summed E-state index contributed by atoms with van der Waals surface area (Å²) in [5.74, 6) is -0.545. The molecule has 1 aliphatic rings. The second-order valence-electron chi connectivity index (χ2n) is 10.1. The van der Waals surface area contributed by atoms with Gasteiger partial charge in [-0.1, -0.05) is 29.5 Å². The molecule has 210 valence electrons. The lowest BCUT2D eigenvalue weighted by atomic mass is 9.84. The fraction of sp³-hybridized carbons (Fsp3) is 0.379. The number of carbonyl (C=O) groups is 1. The van der Waals surface area contributed by atoms with Crippen LogP contribution in [0.4, 0.5) is 0 Å². The van der Waals surface area contributed by atoms with Crippen molar-refractivity contribution in [2.45, 2.75) is 64.1 Å². The van der Waals surface area contributed by atoms with Crippen LogP contribution in [0.2, 0.25) is 0 Å². The van der Waals surface area contributed by atoms with E-state index in [1.54, 1.807) is 6.07 Å². The standard InChI is InChI=1S/C29H33N5O5S/c1-6-34-25-12-11-23(20(4)28(25)31-32-34)24(15-27(35)38-5)21-10-9-18(2)22(14-21)17-33-16-19(3)39-29-26(40(33,36)37)8-7-13-30-29/h7-14,19,24H,6,15-17H2,1-5H3/t19-,24?/m1/s1. The van der Waals surface area contributed by atoms with Gasteiger partial charge in [0, 0.05) is 25.2 Å². The van der Waals surface area contributed by atoms with Crippen molar-refractivity contribution in [3.8, 4) is 5.88 Å². The third-order valence-electron chi connectivity index (χ3n) is 7.51. The molecule has 0 radical (unpaired) electrons. The van der Waals surface area contributed by atoms with Gasteiger partial charge in [-0.25, -0.2) is 18.1 Å². The SMILES string of the molecule is CCn1nnc2c(C)c(C(CC(=O)OC)c3ccc(C)c(CN4C[C@@H](C)Oc5ncccc5S4(=O)=O)c3)ccc21. The van der Waals surface area contributed by atoms with Gasteiger partial charge in [0.05, 0.1) is 25.6 Å². The second-order valence-corrected chi connectivity index (χ2v) is 12.0. The van der Waals surface area contributed by atoms with Crippen LogP contribution in [0.25, 0.3) is 11.0 Å². The first-order valence-corrected chi connectivity index (χ1v) is 14.7. The van der Waals surface area contributed by atoms with E-state index in [0.717, 1.165) is 38.9 Å². The molecule has 0 spiro atoms. The Balaban J connectivity index is 1.56. The molecule has 2 aromatic heterocycles. The molecule has 0 saturated heterocycles. The number of nitrogens with zero attached hydrogens (tertiary/aromatic N) is 5. The summed E-state index contributed by atoms with van der Waals surface area (Å²) >= 11 is 0. The fourth-order valence-corrected chi connectivity index (χ4v) is 6.85. The van der Waals surface area contributed by atoms with E-state index in [9.17, 15) is 13.2 Å². The Morgan fingerprint density at radius 2 is 2.00 bits per heavy atom. The summed E-state index contributed by atoms with van der Waals surface area (Å²) in [6, 6.07) is 13.1. The molecule has 5 rings (SSSR count). The summed E-state index contributed by atoms with van der Waals surface area (Å²) in [5, 5.41) is 8.65. The average molecular weight is 564 g/mol. The van der Waals surface area contributed by atoms with Gasteiger partial charge < -0.3 is 9.47 Å². The van der Waals surface area contributed by atoms with Gasteiger partial charge in [-0.05, 0) is 73.7 Å². The largest absolute Gasteiger partial charge is 0.472 e. The van der Waals surface area contributed by atoms with Crippen molar-refractivity contribution in [3.05, 3.63) is 76.5 Å². The summed E-state index contributed by atoms with van der Waals surface area (Å²) in [5.41, 5.74) is 6.28. The molecule has 4 aromatic rings. The predicted molar refractivity (Wildman–Crippen MR) is 150 cm³/mol. The molecule has 10 nitrogen and oxygen atoms in total. The van der Waals surface area contributed by atoms with Crippen LogP contribution in [-0.2, 0) is 32.6 Å². The summed E-state index contributed by atoms with van der Waals surface area (Å²) in [6.45, 7) is 8.81. The van der Waals surface area contributed by atoms with Crippen LogP contribution in [0.3, 0.4) is 0 Å². The third-order valence-corrected chi connectivity index (χ3v) is 9.33. The molecule has 1 unspecified atom stereocenters. The Labute approximate surface area is 234 Å². The van der Waals surface area contributed by atoms with Gasteiger partial charge in [0.1, 0.15) is 16.5 Å². The molecule has 0 saturated carbocycles. The van der Waals surface area contributed by atoms with Gasteiger partial charge in [-0.3, -0.25) is 4.79 Å². The summed E-state index contributed by atoms with van der Waals surface area (Å²) < 4.78 is 41.4. The molecule has 0 aliphatic carbocycles. The summed E-state index contributed by atoms with van der Waals surface area (Å²) in [6.07, 6.45) is 1.26. The summed E-state index contributed by atoms with van der Waals surface area (Å²) in [4.78, 5) is 16.8. The van der Waals surface area contributed by atoms with Crippen LogP contribution in [0.1, 0.15) is 54.0 Å².